The number of thiophene rings is 1. The van der Waals surface area contributed by atoms with Crippen molar-refractivity contribution in [3.05, 3.63) is 21.3 Å². The van der Waals surface area contributed by atoms with Gasteiger partial charge in [0.2, 0.25) is 0 Å². The molecule has 0 bridgehead atoms. The molecule has 2 rings (SSSR count). The van der Waals surface area contributed by atoms with Crippen LogP contribution in [-0.4, -0.2) is 29.8 Å². The summed E-state index contributed by atoms with van der Waals surface area (Å²) in [4.78, 5) is 13.8. The minimum absolute atomic E-state index is 0.0748. The second-order valence-electron chi connectivity index (χ2n) is 3.70. The lowest BCUT2D eigenvalue weighted by atomic mass is 10.2. The quantitative estimate of drug-likeness (QED) is 0.751. The Morgan fingerprint density at radius 2 is 2.47 bits per heavy atom. The van der Waals surface area contributed by atoms with Crippen molar-refractivity contribution in [1.82, 2.24) is 4.90 Å². The van der Waals surface area contributed by atoms with Crippen molar-refractivity contribution in [2.45, 2.75) is 6.42 Å². The Morgan fingerprint density at radius 3 is 3.00 bits per heavy atom. The molecule has 2 heterocycles. The van der Waals surface area contributed by atoms with Gasteiger partial charge < -0.3 is 4.90 Å². The fourth-order valence-electron chi connectivity index (χ4n) is 1.75. The maximum atomic E-state index is 12.0. The first-order valence-corrected chi connectivity index (χ1v) is 6.59. The molecule has 15 heavy (non-hydrogen) atoms. The van der Waals surface area contributed by atoms with E-state index < -0.39 is 0 Å². The van der Waals surface area contributed by atoms with E-state index >= 15 is 0 Å². The van der Waals surface area contributed by atoms with Crippen LogP contribution in [0, 0.1) is 5.92 Å². The van der Waals surface area contributed by atoms with E-state index in [-0.39, 0.29) is 5.91 Å². The fourth-order valence-corrected chi connectivity index (χ4v) is 2.85. The molecule has 1 aliphatic rings. The lowest BCUT2D eigenvalue weighted by Gasteiger charge is -2.14. The maximum absolute atomic E-state index is 12.0. The maximum Gasteiger partial charge on any atom is 0.254 e. The molecule has 82 valence electrons. The molecule has 1 aromatic heterocycles. The van der Waals surface area contributed by atoms with E-state index in [0.29, 0.717) is 21.7 Å². The van der Waals surface area contributed by atoms with Crippen LogP contribution in [-0.2, 0) is 0 Å². The van der Waals surface area contributed by atoms with Gasteiger partial charge in [0, 0.05) is 24.3 Å². The number of carbonyl (C=O) groups excluding carboxylic acids is 1. The Bertz CT molecular complexity index is 366. The molecule has 0 saturated carbocycles. The number of amides is 1. The number of nitrogens with zero attached hydrogens (tertiary/aromatic N) is 1. The normalized spacial score (nSPS) is 20.9. The minimum Gasteiger partial charge on any atom is -0.338 e. The smallest absolute Gasteiger partial charge is 0.254 e. The molecule has 0 spiro atoms. The highest BCUT2D eigenvalue weighted by atomic mass is 35.5. The predicted molar refractivity (Wildman–Crippen MR) is 64.1 cm³/mol. The molecule has 1 unspecified atom stereocenters. The second kappa shape index (κ2) is 4.73. The first-order chi connectivity index (χ1) is 7.20. The number of alkyl halides is 1. The Hall–Kier alpha value is -0.250. The first-order valence-electron chi connectivity index (χ1n) is 4.80. The molecule has 1 fully saturated rings. The lowest BCUT2D eigenvalue weighted by molar-refractivity contribution is 0.0789. The molecule has 5 heteroatoms. The van der Waals surface area contributed by atoms with Crippen LogP contribution in [0.3, 0.4) is 0 Å². The summed E-state index contributed by atoms with van der Waals surface area (Å²) in [6.07, 6.45) is 1.01. The van der Waals surface area contributed by atoms with Crippen LogP contribution in [0.25, 0.3) is 0 Å². The number of likely N-dealkylation sites (tertiary alicyclic amines) is 1. The molecule has 1 amide bonds. The minimum atomic E-state index is 0.0748. The molecule has 0 aromatic carbocycles. The van der Waals surface area contributed by atoms with E-state index in [1.807, 2.05) is 4.90 Å². The number of carbonyl (C=O) groups is 1. The zero-order valence-corrected chi connectivity index (χ0v) is 10.4. The molecule has 1 atom stereocenters. The molecular formula is C10H11Cl2NOS. The summed E-state index contributed by atoms with van der Waals surface area (Å²) in [6, 6.07) is 1.72. The molecular weight excluding hydrogens is 253 g/mol. The number of halogens is 2. The molecule has 0 aliphatic carbocycles. The zero-order chi connectivity index (χ0) is 10.8. The van der Waals surface area contributed by atoms with Gasteiger partial charge >= 0.3 is 0 Å². The van der Waals surface area contributed by atoms with Crippen molar-refractivity contribution in [2.24, 2.45) is 5.92 Å². The highest BCUT2D eigenvalue weighted by Crippen LogP contribution is 2.24. The summed E-state index contributed by atoms with van der Waals surface area (Å²) < 4.78 is 0.659. The number of hydrogen-bond acceptors (Lipinski definition) is 2. The van der Waals surface area contributed by atoms with Gasteiger partial charge in [-0.1, -0.05) is 11.6 Å². The Morgan fingerprint density at radius 1 is 1.67 bits per heavy atom. The summed E-state index contributed by atoms with van der Waals surface area (Å²) in [6.45, 7) is 1.58. The highest BCUT2D eigenvalue weighted by Gasteiger charge is 2.26. The topological polar surface area (TPSA) is 20.3 Å². The summed E-state index contributed by atoms with van der Waals surface area (Å²) in [7, 11) is 0. The number of rotatable bonds is 2. The van der Waals surface area contributed by atoms with Crippen molar-refractivity contribution >= 4 is 40.4 Å². The van der Waals surface area contributed by atoms with E-state index in [9.17, 15) is 4.79 Å². The van der Waals surface area contributed by atoms with Crippen molar-refractivity contribution in [3.8, 4) is 0 Å². The van der Waals surface area contributed by atoms with Crippen molar-refractivity contribution in [1.29, 1.82) is 0 Å². The van der Waals surface area contributed by atoms with Gasteiger partial charge in [0.25, 0.3) is 5.91 Å². The third-order valence-electron chi connectivity index (χ3n) is 2.61. The fraction of sp³-hybridized carbons (Fsp3) is 0.500. The van der Waals surface area contributed by atoms with Crippen molar-refractivity contribution in [2.75, 3.05) is 19.0 Å². The van der Waals surface area contributed by atoms with Gasteiger partial charge in [-0.3, -0.25) is 4.79 Å². The van der Waals surface area contributed by atoms with Gasteiger partial charge in [-0.15, -0.1) is 22.9 Å². The van der Waals surface area contributed by atoms with E-state index in [1.165, 1.54) is 11.3 Å². The first kappa shape index (κ1) is 11.2. The zero-order valence-electron chi connectivity index (χ0n) is 8.08. The van der Waals surface area contributed by atoms with E-state index in [0.717, 1.165) is 19.5 Å². The van der Waals surface area contributed by atoms with Gasteiger partial charge in [-0.25, -0.2) is 0 Å². The van der Waals surface area contributed by atoms with Gasteiger partial charge in [-0.05, 0) is 18.4 Å². The summed E-state index contributed by atoms with van der Waals surface area (Å²) >= 11 is 13.0. The lowest BCUT2D eigenvalue weighted by Crippen LogP contribution is -2.28. The van der Waals surface area contributed by atoms with Crippen LogP contribution in [0.1, 0.15) is 16.8 Å². The molecule has 1 aromatic rings. The summed E-state index contributed by atoms with van der Waals surface area (Å²) in [5, 5.41) is 1.80. The molecule has 0 N–H and O–H groups in total. The average molecular weight is 264 g/mol. The van der Waals surface area contributed by atoms with Gasteiger partial charge in [0.15, 0.2) is 0 Å². The monoisotopic (exact) mass is 263 g/mol. The Kier molecular flexibility index (Phi) is 3.54. The second-order valence-corrected chi connectivity index (χ2v) is 5.55. The molecule has 1 aliphatic heterocycles. The van der Waals surface area contributed by atoms with Crippen LogP contribution in [0.15, 0.2) is 11.4 Å². The largest absolute Gasteiger partial charge is 0.338 e. The SMILES string of the molecule is O=C(c1csc(Cl)c1)N1CCC(CCl)C1. The van der Waals surface area contributed by atoms with Crippen LogP contribution >= 0.6 is 34.5 Å². The Labute approximate surface area is 103 Å². The summed E-state index contributed by atoms with van der Waals surface area (Å²) in [5.41, 5.74) is 0.695. The molecule has 0 radical (unpaired) electrons. The number of hydrogen-bond donors (Lipinski definition) is 0. The Balaban J connectivity index is 2.03. The third-order valence-corrected chi connectivity index (χ3v) is 4.13. The van der Waals surface area contributed by atoms with Gasteiger partial charge in [0.1, 0.15) is 0 Å². The molecule has 2 nitrogen and oxygen atoms in total. The van der Waals surface area contributed by atoms with Crippen LogP contribution in [0.5, 0.6) is 0 Å². The standard InChI is InChI=1S/C10H11Cl2NOS/c11-4-7-1-2-13(5-7)10(14)8-3-9(12)15-6-8/h3,6-7H,1-2,4-5H2. The van der Waals surface area contributed by atoms with Gasteiger partial charge in [0.05, 0.1) is 9.90 Å². The molecule has 1 saturated heterocycles. The van der Waals surface area contributed by atoms with Crippen molar-refractivity contribution in [3.63, 3.8) is 0 Å². The van der Waals surface area contributed by atoms with E-state index in [4.69, 9.17) is 23.2 Å². The van der Waals surface area contributed by atoms with Gasteiger partial charge in [-0.2, -0.15) is 0 Å². The van der Waals surface area contributed by atoms with Crippen LogP contribution < -0.4 is 0 Å². The third kappa shape index (κ3) is 2.47. The summed E-state index contributed by atoms with van der Waals surface area (Å²) in [5.74, 6) is 1.16. The highest BCUT2D eigenvalue weighted by molar-refractivity contribution is 7.14. The van der Waals surface area contributed by atoms with Crippen LogP contribution in [0.4, 0.5) is 0 Å². The van der Waals surface area contributed by atoms with Crippen LogP contribution in [0.2, 0.25) is 4.34 Å². The van der Waals surface area contributed by atoms with E-state index in [1.54, 1.807) is 11.4 Å². The average Bonchev–Trinajstić information content (AvgIpc) is 2.84. The van der Waals surface area contributed by atoms with Crippen molar-refractivity contribution < 1.29 is 4.79 Å². The predicted octanol–water partition coefficient (Wildman–Crippen LogP) is 3.10. The van der Waals surface area contributed by atoms with E-state index in [2.05, 4.69) is 0 Å².